The van der Waals surface area contributed by atoms with E-state index < -0.39 is 0 Å². The zero-order chi connectivity index (χ0) is 13.1. The molecular formula is C16H21NO. The molecule has 1 aliphatic rings. The number of aryl methyl sites for hydroxylation is 1. The second-order valence-electron chi connectivity index (χ2n) is 5.62. The third kappa shape index (κ3) is 2.85. The Bertz CT molecular complexity index is 461. The number of nitrogens with zero attached hydrogens (tertiary/aromatic N) is 1. The Kier molecular flexibility index (Phi) is 3.91. The fourth-order valence-corrected chi connectivity index (χ4v) is 2.62. The molecule has 2 rings (SSSR count). The van der Waals surface area contributed by atoms with Crippen molar-refractivity contribution in [3.05, 3.63) is 29.3 Å². The van der Waals surface area contributed by atoms with E-state index in [0.29, 0.717) is 11.5 Å². The van der Waals surface area contributed by atoms with Gasteiger partial charge in [0.05, 0.1) is 11.7 Å². The van der Waals surface area contributed by atoms with Gasteiger partial charge in [-0.3, -0.25) is 0 Å². The van der Waals surface area contributed by atoms with Crippen molar-refractivity contribution in [2.75, 3.05) is 0 Å². The molecule has 0 N–H and O–H groups in total. The van der Waals surface area contributed by atoms with Gasteiger partial charge in [-0.15, -0.1) is 0 Å². The lowest BCUT2D eigenvalue weighted by atomic mass is 9.80. The highest BCUT2D eigenvalue weighted by Gasteiger charge is 2.26. The fraction of sp³-hybridized carbons (Fsp3) is 0.562. The van der Waals surface area contributed by atoms with E-state index in [-0.39, 0.29) is 6.10 Å². The van der Waals surface area contributed by atoms with Crippen LogP contribution >= 0.6 is 0 Å². The lowest BCUT2D eigenvalue weighted by Gasteiger charge is -2.32. The van der Waals surface area contributed by atoms with Crippen molar-refractivity contribution in [1.29, 1.82) is 5.26 Å². The molecule has 96 valence electrons. The zero-order valence-electron chi connectivity index (χ0n) is 11.4. The van der Waals surface area contributed by atoms with Crippen LogP contribution in [0.5, 0.6) is 5.75 Å². The minimum absolute atomic E-state index is 0.269. The molecule has 1 saturated carbocycles. The highest BCUT2D eigenvalue weighted by Crippen LogP contribution is 2.32. The van der Waals surface area contributed by atoms with Gasteiger partial charge in [-0.25, -0.2) is 0 Å². The predicted octanol–water partition coefficient (Wildman–Crippen LogP) is 4.07. The van der Waals surface area contributed by atoms with Crippen molar-refractivity contribution in [1.82, 2.24) is 0 Å². The van der Waals surface area contributed by atoms with Gasteiger partial charge < -0.3 is 4.74 Å². The Morgan fingerprint density at radius 1 is 1.22 bits per heavy atom. The molecule has 0 bridgehead atoms. The molecule has 0 spiro atoms. The zero-order valence-corrected chi connectivity index (χ0v) is 11.4. The number of rotatable bonds is 2. The molecule has 18 heavy (non-hydrogen) atoms. The molecule has 0 amide bonds. The van der Waals surface area contributed by atoms with Crippen molar-refractivity contribution >= 4 is 0 Å². The lowest BCUT2D eigenvalue weighted by Crippen LogP contribution is -2.28. The number of hydrogen-bond acceptors (Lipinski definition) is 2. The highest BCUT2D eigenvalue weighted by molar-refractivity contribution is 5.45. The summed E-state index contributed by atoms with van der Waals surface area (Å²) in [6, 6.07) is 8.05. The molecule has 2 heteroatoms. The third-order valence-corrected chi connectivity index (χ3v) is 4.10. The van der Waals surface area contributed by atoms with E-state index in [1.54, 1.807) is 0 Å². The summed E-state index contributed by atoms with van der Waals surface area (Å²) < 4.78 is 6.03. The van der Waals surface area contributed by atoms with E-state index in [1.165, 1.54) is 6.42 Å². The van der Waals surface area contributed by atoms with Crippen LogP contribution in [0, 0.1) is 30.1 Å². The van der Waals surface area contributed by atoms with E-state index in [1.807, 2.05) is 25.1 Å². The van der Waals surface area contributed by atoms with E-state index in [0.717, 1.165) is 30.1 Å². The van der Waals surface area contributed by atoms with Crippen molar-refractivity contribution in [3.63, 3.8) is 0 Å². The maximum absolute atomic E-state index is 9.14. The first-order chi connectivity index (χ1) is 8.60. The van der Waals surface area contributed by atoms with Crippen molar-refractivity contribution in [3.8, 4) is 11.8 Å². The molecule has 0 aromatic heterocycles. The first-order valence-corrected chi connectivity index (χ1v) is 6.77. The predicted molar refractivity (Wildman–Crippen MR) is 72.5 cm³/mol. The minimum atomic E-state index is 0.269. The molecule has 3 unspecified atom stereocenters. The van der Waals surface area contributed by atoms with Crippen LogP contribution in [0.1, 0.15) is 44.2 Å². The Balaban J connectivity index is 2.08. The van der Waals surface area contributed by atoms with Gasteiger partial charge in [0.25, 0.3) is 0 Å². The van der Waals surface area contributed by atoms with Crippen molar-refractivity contribution in [2.24, 2.45) is 11.8 Å². The first kappa shape index (κ1) is 13.0. The Morgan fingerprint density at radius 3 is 2.67 bits per heavy atom. The van der Waals surface area contributed by atoms with Gasteiger partial charge in [0.1, 0.15) is 11.8 Å². The maximum atomic E-state index is 9.14. The second kappa shape index (κ2) is 5.44. The van der Waals surface area contributed by atoms with Gasteiger partial charge in [-0.05, 0) is 55.7 Å². The number of nitriles is 1. The summed E-state index contributed by atoms with van der Waals surface area (Å²) in [6.45, 7) is 6.60. The van der Waals surface area contributed by atoms with Crippen LogP contribution in [0.2, 0.25) is 0 Å². The highest BCUT2D eigenvalue weighted by atomic mass is 16.5. The summed E-state index contributed by atoms with van der Waals surface area (Å²) in [6.07, 6.45) is 3.69. The lowest BCUT2D eigenvalue weighted by molar-refractivity contribution is 0.100. The maximum Gasteiger partial charge on any atom is 0.137 e. The quantitative estimate of drug-likeness (QED) is 0.784. The summed E-state index contributed by atoms with van der Waals surface area (Å²) in [5, 5.41) is 9.14. The van der Waals surface area contributed by atoms with Gasteiger partial charge in [0.15, 0.2) is 0 Å². The molecule has 3 atom stereocenters. The Labute approximate surface area is 110 Å². The molecule has 0 saturated heterocycles. The molecule has 1 aromatic rings. The van der Waals surface area contributed by atoms with Gasteiger partial charge in [-0.1, -0.05) is 19.9 Å². The van der Waals surface area contributed by atoms with Gasteiger partial charge in [0.2, 0.25) is 0 Å². The van der Waals surface area contributed by atoms with Gasteiger partial charge >= 0.3 is 0 Å². The molecule has 1 aromatic carbocycles. The van der Waals surface area contributed by atoms with Crippen LogP contribution in [0.25, 0.3) is 0 Å². The molecule has 0 radical (unpaired) electrons. The van der Waals surface area contributed by atoms with E-state index >= 15 is 0 Å². The standard InChI is InChI=1S/C16H21NO/c1-11-4-7-16(14(8-11)10-17)18-15-6-5-12(2)13(3)9-15/h4,7-8,12-13,15H,5-6,9H2,1-3H3. The van der Waals surface area contributed by atoms with Crippen LogP contribution < -0.4 is 4.74 Å². The summed E-state index contributed by atoms with van der Waals surface area (Å²) in [5.74, 6) is 2.24. The number of ether oxygens (including phenoxy) is 1. The molecular weight excluding hydrogens is 222 g/mol. The molecule has 2 nitrogen and oxygen atoms in total. The summed E-state index contributed by atoms with van der Waals surface area (Å²) in [4.78, 5) is 0. The molecule has 1 aliphatic carbocycles. The summed E-state index contributed by atoms with van der Waals surface area (Å²) in [7, 11) is 0. The summed E-state index contributed by atoms with van der Waals surface area (Å²) >= 11 is 0. The van der Waals surface area contributed by atoms with Crippen LogP contribution in [0.15, 0.2) is 18.2 Å². The normalized spacial score (nSPS) is 27.6. The van der Waals surface area contributed by atoms with Crippen LogP contribution in [-0.2, 0) is 0 Å². The number of hydrogen-bond donors (Lipinski definition) is 0. The Morgan fingerprint density at radius 2 is 2.00 bits per heavy atom. The second-order valence-corrected chi connectivity index (χ2v) is 5.62. The van der Waals surface area contributed by atoms with Crippen molar-refractivity contribution in [2.45, 2.75) is 46.1 Å². The average molecular weight is 243 g/mol. The van der Waals surface area contributed by atoms with Gasteiger partial charge in [-0.2, -0.15) is 5.26 Å². The van der Waals surface area contributed by atoms with E-state index in [4.69, 9.17) is 10.00 Å². The minimum Gasteiger partial charge on any atom is -0.489 e. The number of benzene rings is 1. The van der Waals surface area contributed by atoms with Crippen molar-refractivity contribution < 1.29 is 4.74 Å². The topological polar surface area (TPSA) is 33.0 Å². The van der Waals surface area contributed by atoms with Crippen LogP contribution in [0.3, 0.4) is 0 Å². The van der Waals surface area contributed by atoms with Crippen LogP contribution in [0.4, 0.5) is 0 Å². The average Bonchev–Trinajstić information content (AvgIpc) is 2.36. The fourth-order valence-electron chi connectivity index (χ4n) is 2.62. The van der Waals surface area contributed by atoms with Crippen LogP contribution in [-0.4, -0.2) is 6.10 Å². The van der Waals surface area contributed by atoms with E-state index in [2.05, 4.69) is 19.9 Å². The first-order valence-electron chi connectivity index (χ1n) is 6.77. The SMILES string of the molecule is Cc1ccc(OC2CCC(C)C(C)C2)c(C#N)c1. The monoisotopic (exact) mass is 243 g/mol. The largest absolute Gasteiger partial charge is 0.489 e. The summed E-state index contributed by atoms with van der Waals surface area (Å²) in [5.41, 5.74) is 1.76. The Hall–Kier alpha value is -1.49. The van der Waals surface area contributed by atoms with Gasteiger partial charge in [0, 0.05) is 0 Å². The third-order valence-electron chi connectivity index (χ3n) is 4.10. The molecule has 0 aliphatic heterocycles. The smallest absolute Gasteiger partial charge is 0.137 e. The molecule has 0 heterocycles. The van der Waals surface area contributed by atoms with E-state index in [9.17, 15) is 0 Å². The molecule has 1 fully saturated rings.